The lowest BCUT2D eigenvalue weighted by molar-refractivity contribution is -0.116. The molecule has 0 atom stereocenters. The number of rotatable bonds is 5. The maximum atomic E-state index is 12.0. The van der Waals surface area contributed by atoms with Crippen LogP contribution in [-0.4, -0.2) is 24.1 Å². The Labute approximate surface area is 128 Å². The number of nitrogens with one attached hydrogen (secondary N) is 1. The van der Waals surface area contributed by atoms with Crippen LogP contribution < -0.4 is 5.32 Å². The second kappa shape index (κ2) is 7.26. The minimum Gasteiger partial charge on any atom is -0.505 e. The summed E-state index contributed by atoms with van der Waals surface area (Å²) in [4.78, 5) is 23.4. The summed E-state index contributed by atoms with van der Waals surface area (Å²) in [6.45, 7) is 0. The minimum atomic E-state index is -0.655. The van der Waals surface area contributed by atoms with Gasteiger partial charge in [0.2, 0.25) is 5.91 Å². The van der Waals surface area contributed by atoms with Gasteiger partial charge in [-0.2, -0.15) is 0 Å². The van der Waals surface area contributed by atoms with E-state index in [0.29, 0.717) is 6.42 Å². The lowest BCUT2D eigenvalue weighted by Gasteiger charge is -2.10. The van der Waals surface area contributed by atoms with Crippen molar-refractivity contribution < 1.29 is 19.4 Å². The van der Waals surface area contributed by atoms with Crippen molar-refractivity contribution in [1.82, 2.24) is 0 Å². The summed E-state index contributed by atoms with van der Waals surface area (Å²) in [6.07, 6.45) is 0.885. The van der Waals surface area contributed by atoms with E-state index in [9.17, 15) is 14.7 Å². The van der Waals surface area contributed by atoms with Crippen LogP contribution in [-0.2, 0) is 16.0 Å². The molecule has 2 aromatic rings. The fourth-order valence-electron chi connectivity index (χ4n) is 2.03. The molecule has 0 fully saturated rings. The molecule has 0 bridgehead atoms. The molecule has 0 aliphatic carbocycles. The number of hydrogen-bond donors (Lipinski definition) is 2. The zero-order chi connectivity index (χ0) is 15.9. The van der Waals surface area contributed by atoms with E-state index >= 15 is 0 Å². The van der Waals surface area contributed by atoms with E-state index in [-0.39, 0.29) is 29.3 Å². The fraction of sp³-hybridized carbons (Fsp3) is 0.176. The van der Waals surface area contributed by atoms with Gasteiger partial charge in [-0.15, -0.1) is 0 Å². The van der Waals surface area contributed by atoms with Crippen molar-refractivity contribution in [2.75, 3.05) is 12.4 Å². The van der Waals surface area contributed by atoms with Gasteiger partial charge in [0.25, 0.3) is 0 Å². The number of aryl methyl sites for hydroxylation is 1. The summed E-state index contributed by atoms with van der Waals surface area (Å²) in [5.74, 6) is -1.18. The number of anilines is 1. The smallest absolute Gasteiger partial charge is 0.341 e. The number of ether oxygens (including phenoxy) is 1. The molecule has 5 nitrogen and oxygen atoms in total. The van der Waals surface area contributed by atoms with E-state index in [2.05, 4.69) is 10.1 Å². The Kier molecular flexibility index (Phi) is 5.14. The number of phenolic OH excluding ortho intramolecular Hbond substituents is 1. The highest BCUT2D eigenvalue weighted by molar-refractivity contribution is 5.98. The number of amides is 1. The largest absolute Gasteiger partial charge is 0.505 e. The van der Waals surface area contributed by atoms with Gasteiger partial charge in [-0.3, -0.25) is 4.79 Å². The Morgan fingerprint density at radius 3 is 2.50 bits per heavy atom. The Bertz CT molecular complexity index is 668. The van der Waals surface area contributed by atoms with E-state index in [1.807, 2.05) is 30.3 Å². The van der Waals surface area contributed by atoms with Crippen LogP contribution in [0.15, 0.2) is 48.5 Å². The van der Waals surface area contributed by atoms with Gasteiger partial charge in [0, 0.05) is 6.42 Å². The van der Waals surface area contributed by atoms with Crippen molar-refractivity contribution >= 4 is 17.6 Å². The van der Waals surface area contributed by atoms with Crippen molar-refractivity contribution in [3.63, 3.8) is 0 Å². The molecule has 0 saturated heterocycles. The predicted molar refractivity (Wildman–Crippen MR) is 82.8 cm³/mol. The second-order valence-corrected chi connectivity index (χ2v) is 4.73. The number of para-hydroxylation sites is 1. The number of carbonyl (C=O) groups excluding carboxylic acids is 2. The predicted octanol–water partition coefficient (Wildman–Crippen LogP) is 2.75. The molecular weight excluding hydrogens is 282 g/mol. The first-order valence-electron chi connectivity index (χ1n) is 6.86. The molecule has 0 heterocycles. The zero-order valence-electron chi connectivity index (χ0n) is 12.2. The van der Waals surface area contributed by atoms with Gasteiger partial charge in [0.1, 0.15) is 5.56 Å². The monoisotopic (exact) mass is 299 g/mol. The molecular formula is C17H17NO4. The van der Waals surface area contributed by atoms with Crippen LogP contribution in [0.4, 0.5) is 5.69 Å². The molecule has 5 heteroatoms. The Morgan fingerprint density at radius 1 is 1.09 bits per heavy atom. The van der Waals surface area contributed by atoms with Gasteiger partial charge in [0.05, 0.1) is 12.8 Å². The quantitative estimate of drug-likeness (QED) is 0.657. The molecule has 22 heavy (non-hydrogen) atoms. The maximum Gasteiger partial charge on any atom is 0.341 e. The third-order valence-corrected chi connectivity index (χ3v) is 3.20. The topological polar surface area (TPSA) is 75.6 Å². The van der Waals surface area contributed by atoms with Gasteiger partial charge in [-0.05, 0) is 24.1 Å². The molecule has 0 spiro atoms. The van der Waals surface area contributed by atoms with E-state index in [0.717, 1.165) is 5.56 Å². The van der Waals surface area contributed by atoms with E-state index in [1.54, 1.807) is 6.07 Å². The molecule has 0 saturated carbocycles. The molecule has 0 unspecified atom stereocenters. The third kappa shape index (κ3) is 3.85. The number of phenols is 1. The van der Waals surface area contributed by atoms with Gasteiger partial charge < -0.3 is 15.2 Å². The standard InChI is InChI=1S/C17H17NO4/c1-22-17(21)13-8-5-9-14(16(13)20)18-15(19)11-10-12-6-3-2-4-7-12/h2-9,20H,10-11H2,1H3,(H,18,19). The first kappa shape index (κ1) is 15.6. The van der Waals surface area contributed by atoms with Crippen molar-refractivity contribution in [2.45, 2.75) is 12.8 Å². The SMILES string of the molecule is COC(=O)c1cccc(NC(=O)CCc2ccccc2)c1O. The Balaban J connectivity index is 2.01. The summed E-state index contributed by atoms with van der Waals surface area (Å²) in [5.41, 5.74) is 1.27. The molecule has 0 aliphatic rings. The number of methoxy groups -OCH3 is 1. The second-order valence-electron chi connectivity index (χ2n) is 4.73. The highest BCUT2D eigenvalue weighted by atomic mass is 16.5. The highest BCUT2D eigenvalue weighted by Crippen LogP contribution is 2.28. The maximum absolute atomic E-state index is 12.0. The molecule has 0 radical (unpaired) electrons. The minimum absolute atomic E-state index is 0.0170. The summed E-state index contributed by atoms with van der Waals surface area (Å²) < 4.78 is 4.57. The summed E-state index contributed by atoms with van der Waals surface area (Å²) in [7, 11) is 1.23. The summed E-state index contributed by atoms with van der Waals surface area (Å²) in [6, 6.07) is 14.2. The molecule has 2 rings (SSSR count). The molecule has 2 N–H and O–H groups in total. The Hall–Kier alpha value is -2.82. The normalized spacial score (nSPS) is 10.0. The van der Waals surface area contributed by atoms with Crippen molar-refractivity contribution in [3.8, 4) is 5.75 Å². The average molecular weight is 299 g/mol. The van der Waals surface area contributed by atoms with Gasteiger partial charge in [0.15, 0.2) is 5.75 Å². The molecule has 0 aromatic heterocycles. The van der Waals surface area contributed by atoms with Gasteiger partial charge in [-0.25, -0.2) is 4.79 Å². The molecule has 0 aliphatic heterocycles. The fourth-order valence-corrected chi connectivity index (χ4v) is 2.03. The van der Waals surface area contributed by atoms with Gasteiger partial charge in [-0.1, -0.05) is 36.4 Å². The van der Waals surface area contributed by atoms with Crippen LogP contribution in [0.3, 0.4) is 0 Å². The number of carbonyl (C=O) groups is 2. The van der Waals surface area contributed by atoms with Gasteiger partial charge >= 0.3 is 5.97 Å². The van der Waals surface area contributed by atoms with Crippen LogP contribution in [0.1, 0.15) is 22.3 Å². The lowest BCUT2D eigenvalue weighted by atomic mass is 10.1. The Morgan fingerprint density at radius 2 is 1.82 bits per heavy atom. The average Bonchev–Trinajstić information content (AvgIpc) is 2.55. The van der Waals surface area contributed by atoms with E-state index in [1.165, 1.54) is 19.2 Å². The van der Waals surface area contributed by atoms with Crippen molar-refractivity contribution in [2.24, 2.45) is 0 Å². The van der Waals surface area contributed by atoms with Crippen LogP contribution in [0.25, 0.3) is 0 Å². The van der Waals surface area contributed by atoms with Crippen molar-refractivity contribution in [1.29, 1.82) is 0 Å². The first-order valence-corrected chi connectivity index (χ1v) is 6.86. The van der Waals surface area contributed by atoms with Crippen LogP contribution in [0, 0.1) is 0 Å². The lowest BCUT2D eigenvalue weighted by Crippen LogP contribution is -2.13. The number of benzene rings is 2. The van der Waals surface area contributed by atoms with E-state index < -0.39 is 5.97 Å². The summed E-state index contributed by atoms with van der Waals surface area (Å²) in [5, 5.41) is 12.6. The summed E-state index contributed by atoms with van der Waals surface area (Å²) >= 11 is 0. The zero-order valence-corrected chi connectivity index (χ0v) is 12.2. The van der Waals surface area contributed by atoms with Crippen LogP contribution in [0.2, 0.25) is 0 Å². The first-order chi connectivity index (χ1) is 10.6. The van der Waals surface area contributed by atoms with Crippen LogP contribution >= 0.6 is 0 Å². The molecule has 114 valence electrons. The van der Waals surface area contributed by atoms with E-state index in [4.69, 9.17) is 0 Å². The number of hydrogen-bond acceptors (Lipinski definition) is 4. The molecule has 1 amide bonds. The van der Waals surface area contributed by atoms with Crippen molar-refractivity contribution in [3.05, 3.63) is 59.7 Å². The molecule has 2 aromatic carbocycles. The third-order valence-electron chi connectivity index (χ3n) is 3.20. The highest BCUT2D eigenvalue weighted by Gasteiger charge is 2.15. The number of aromatic hydroxyl groups is 1. The van der Waals surface area contributed by atoms with Crippen LogP contribution in [0.5, 0.6) is 5.75 Å². The number of esters is 1.